The molecule has 2 aliphatic rings. The van der Waals surface area contributed by atoms with Crippen LogP contribution in [0, 0.1) is 0 Å². The van der Waals surface area contributed by atoms with Gasteiger partial charge in [-0.1, -0.05) is 30.3 Å². The van der Waals surface area contributed by atoms with Gasteiger partial charge < -0.3 is 5.32 Å². The zero-order valence-electron chi connectivity index (χ0n) is 13.1. The molecule has 2 aliphatic heterocycles. The van der Waals surface area contributed by atoms with Crippen LogP contribution in [0.2, 0.25) is 0 Å². The summed E-state index contributed by atoms with van der Waals surface area (Å²) >= 11 is 0. The number of carbonyl (C=O) groups is 1. The van der Waals surface area contributed by atoms with Gasteiger partial charge in [0, 0.05) is 18.8 Å². The molecule has 2 aromatic carbocycles. The molecule has 24 heavy (non-hydrogen) atoms. The molecule has 1 fully saturated rings. The lowest BCUT2D eigenvalue weighted by Gasteiger charge is -2.17. The molecular weight excluding hydrogens is 324 g/mol. The van der Waals surface area contributed by atoms with E-state index in [9.17, 15) is 13.2 Å². The molecule has 4 rings (SSSR count). The molecule has 0 bridgehead atoms. The number of hydrogen-bond acceptors (Lipinski definition) is 3. The maximum atomic E-state index is 12.9. The largest absolute Gasteiger partial charge is 0.326 e. The Morgan fingerprint density at radius 3 is 2.67 bits per heavy atom. The van der Waals surface area contributed by atoms with Gasteiger partial charge in [0.25, 0.3) is 0 Å². The second kappa shape index (κ2) is 5.72. The quantitative estimate of drug-likeness (QED) is 0.931. The van der Waals surface area contributed by atoms with Gasteiger partial charge in [0.2, 0.25) is 15.9 Å². The van der Waals surface area contributed by atoms with E-state index in [1.165, 1.54) is 5.56 Å². The van der Waals surface area contributed by atoms with E-state index in [2.05, 4.69) is 5.32 Å². The van der Waals surface area contributed by atoms with Gasteiger partial charge in [-0.25, -0.2) is 8.42 Å². The normalized spacial score (nSPS) is 20.8. The van der Waals surface area contributed by atoms with Crippen molar-refractivity contribution in [2.45, 2.75) is 23.7 Å². The van der Waals surface area contributed by atoms with Crippen LogP contribution < -0.4 is 5.32 Å². The van der Waals surface area contributed by atoms with Gasteiger partial charge in [-0.05, 0) is 41.7 Å². The number of fused-ring (bicyclic) bond motifs is 1. The van der Waals surface area contributed by atoms with Crippen molar-refractivity contribution in [3.63, 3.8) is 0 Å². The number of hydrogen-bond donors (Lipinski definition) is 1. The zero-order valence-corrected chi connectivity index (χ0v) is 13.9. The van der Waals surface area contributed by atoms with Crippen LogP contribution in [-0.4, -0.2) is 31.7 Å². The molecule has 0 aromatic heterocycles. The molecule has 1 amide bonds. The summed E-state index contributed by atoms with van der Waals surface area (Å²) < 4.78 is 27.4. The zero-order chi connectivity index (χ0) is 16.7. The van der Waals surface area contributed by atoms with Crippen molar-refractivity contribution in [1.29, 1.82) is 0 Å². The molecule has 0 aliphatic carbocycles. The summed E-state index contributed by atoms with van der Waals surface area (Å²) in [5.41, 5.74) is 2.64. The van der Waals surface area contributed by atoms with Crippen LogP contribution in [0.15, 0.2) is 53.4 Å². The van der Waals surface area contributed by atoms with Crippen LogP contribution in [-0.2, 0) is 21.2 Å². The van der Waals surface area contributed by atoms with Crippen LogP contribution in [0.4, 0.5) is 5.69 Å². The Balaban J connectivity index is 1.58. The van der Waals surface area contributed by atoms with Crippen molar-refractivity contribution < 1.29 is 13.2 Å². The lowest BCUT2D eigenvalue weighted by atomic mass is 9.99. The summed E-state index contributed by atoms with van der Waals surface area (Å²) in [4.78, 5) is 11.7. The van der Waals surface area contributed by atoms with Crippen molar-refractivity contribution in [1.82, 2.24) is 4.31 Å². The van der Waals surface area contributed by atoms with Gasteiger partial charge in [-0.2, -0.15) is 4.31 Å². The molecule has 0 radical (unpaired) electrons. The molecule has 1 saturated heterocycles. The summed E-state index contributed by atoms with van der Waals surface area (Å²) in [5.74, 6) is 0.142. The highest BCUT2D eigenvalue weighted by molar-refractivity contribution is 7.89. The Hall–Kier alpha value is -2.18. The predicted molar refractivity (Wildman–Crippen MR) is 91.3 cm³/mol. The van der Waals surface area contributed by atoms with Gasteiger partial charge >= 0.3 is 0 Å². The fraction of sp³-hybridized carbons (Fsp3) is 0.278. The van der Waals surface area contributed by atoms with Gasteiger partial charge in [-0.3, -0.25) is 4.79 Å². The molecule has 1 unspecified atom stereocenters. The smallest absolute Gasteiger partial charge is 0.243 e. The average Bonchev–Trinajstić information content (AvgIpc) is 3.21. The fourth-order valence-electron chi connectivity index (χ4n) is 3.46. The number of carbonyl (C=O) groups excluding carboxylic acids is 1. The number of rotatable bonds is 3. The lowest BCUT2D eigenvalue weighted by Crippen LogP contribution is -2.28. The highest BCUT2D eigenvalue weighted by Gasteiger charge is 2.34. The SMILES string of the molecule is O=C1Cc2cc(S(=O)(=O)N3CCC(c4ccccc4)C3)ccc2N1. The molecular formula is C18H18N2O3S. The first kappa shape index (κ1) is 15.4. The van der Waals surface area contributed by atoms with E-state index in [-0.39, 0.29) is 23.1 Å². The van der Waals surface area contributed by atoms with E-state index in [1.54, 1.807) is 22.5 Å². The van der Waals surface area contributed by atoms with Crippen molar-refractivity contribution in [2.24, 2.45) is 0 Å². The third kappa shape index (κ3) is 2.61. The predicted octanol–water partition coefficient (Wildman–Crippen LogP) is 2.36. The molecule has 124 valence electrons. The van der Waals surface area contributed by atoms with Crippen molar-refractivity contribution in [3.05, 3.63) is 59.7 Å². The Morgan fingerprint density at radius 2 is 1.88 bits per heavy atom. The second-order valence-electron chi connectivity index (χ2n) is 6.30. The minimum atomic E-state index is -3.52. The number of benzene rings is 2. The Morgan fingerprint density at radius 1 is 1.08 bits per heavy atom. The molecule has 1 N–H and O–H groups in total. The lowest BCUT2D eigenvalue weighted by molar-refractivity contribution is -0.115. The number of sulfonamides is 1. The van der Waals surface area contributed by atoms with Crippen LogP contribution in [0.25, 0.3) is 0 Å². The first-order valence-electron chi connectivity index (χ1n) is 8.02. The first-order valence-corrected chi connectivity index (χ1v) is 9.46. The molecule has 0 saturated carbocycles. The summed E-state index contributed by atoms with van der Waals surface area (Å²) in [6, 6.07) is 14.9. The average molecular weight is 342 g/mol. The molecule has 1 atom stereocenters. The Kier molecular flexibility index (Phi) is 3.66. The van der Waals surface area contributed by atoms with Gasteiger partial charge in [-0.15, -0.1) is 0 Å². The van der Waals surface area contributed by atoms with Crippen molar-refractivity contribution in [2.75, 3.05) is 18.4 Å². The van der Waals surface area contributed by atoms with Crippen molar-refractivity contribution >= 4 is 21.6 Å². The summed E-state index contributed by atoms with van der Waals surface area (Å²) in [6.07, 6.45) is 1.07. The number of anilines is 1. The summed E-state index contributed by atoms with van der Waals surface area (Å²) in [7, 11) is -3.52. The van der Waals surface area contributed by atoms with E-state index in [1.807, 2.05) is 30.3 Å². The maximum Gasteiger partial charge on any atom is 0.243 e. The van der Waals surface area contributed by atoms with E-state index in [0.29, 0.717) is 18.8 Å². The van der Waals surface area contributed by atoms with Gasteiger partial charge in [0.15, 0.2) is 0 Å². The Labute approximate surface area is 141 Å². The third-order valence-electron chi connectivity index (χ3n) is 4.76. The highest BCUT2D eigenvalue weighted by atomic mass is 32.2. The van der Waals surface area contributed by atoms with Gasteiger partial charge in [0.1, 0.15) is 0 Å². The maximum absolute atomic E-state index is 12.9. The van der Waals surface area contributed by atoms with Crippen LogP contribution in [0.3, 0.4) is 0 Å². The van der Waals surface area contributed by atoms with Crippen LogP contribution in [0.5, 0.6) is 0 Å². The van der Waals surface area contributed by atoms with E-state index < -0.39 is 10.0 Å². The molecule has 6 heteroatoms. The minimum absolute atomic E-state index is 0.0927. The molecule has 2 aromatic rings. The van der Waals surface area contributed by atoms with Crippen LogP contribution >= 0.6 is 0 Å². The first-order chi connectivity index (χ1) is 11.5. The number of nitrogens with one attached hydrogen (secondary N) is 1. The standard InChI is InChI=1S/C18H18N2O3S/c21-18-11-15-10-16(6-7-17(15)19-18)24(22,23)20-9-8-14(12-20)13-4-2-1-3-5-13/h1-7,10,14H,8-9,11-12H2,(H,19,21). The third-order valence-corrected chi connectivity index (χ3v) is 6.62. The fourth-order valence-corrected chi connectivity index (χ4v) is 5.01. The van der Waals surface area contributed by atoms with E-state index >= 15 is 0 Å². The number of nitrogens with zero attached hydrogens (tertiary/aromatic N) is 1. The van der Waals surface area contributed by atoms with Crippen molar-refractivity contribution in [3.8, 4) is 0 Å². The summed E-state index contributed by atoms with van der Waals surface area (Å²) in [6.45, 7) is 1.02. The van der Waals surface area contributed by atoms with E-state index in [0.717, 1.165) is 12.0 Å². The monoisotopic (exact) mass is 342 g/mol. The molecule has 0 spiro atoms. The summed E-state index contributed by atoms with van der Waals surface area (Å²) in [5, 5.41) is 2.73. The molecule has 5 nitrogen and oxygen atoms in total. The topological polar surface area (TPSA) is 66.5 Å². The van der Waals surface area contributed by atoms with E-state index in [4.69, 9.17) is 0 Å². The highest BCUT2D eigenvalue weighted by Crippen LogP contribution is 2.32. The molecule has 2 heterocycles. The second-order valence-corrected chi connectivity index (χ2v) is 8.24. The Bertz CT molecular complexity index is 894. The minimum Gasteiger partial charge on any atom is -0.326 e. The van der Waals surface area contributed by atoms with Gasteiger partial charge in [0.05, 0.1) is 11.3 Å². The number of amides is 1. The van der Waals surface area contributed by atoms with Crippen LogP contribution in [0.1, 0.15) is 23.5 Å².